The highest BCUT2D eigenvalue weighted by molar-refractivity contribution is 5.71. The quantitative estimate of drug-likeness (QED) is 0.323. The molecule has 0 saturated heterocycles. The van der Waals surface area contributed by atoms with E-state index in [-0.39, 0.29) is 11.6 Å². The number of anilines is 1. The first-order valence-electron chi connectivity index (χ1n) is 9.42. The van der Waals surface area contributed by atoms with Gasteiger partial charge in [0.25, 0.3) is 11.6 Å². The summed E-state index contributed by atoms with van der Waals surface area (Å²) in [5.74, 6) is 1.32. The van der Waals surface area contributed by atoms with E-state index >= 15 is 0 Å². The molecule has 0 unspecified atom stereocenters. The highest BCUT2D eigenvalue weighted by Gasteiger charge is 2.21. The summed E-state index contributed by atoms with van der Waals surface area (Å²) in [6, 6.07) is 16.0. The first kappa shape index (κ1) is 20.0. The largest absolute Gasteiger partial charge is 0.497 e. The minimum atomic E-state index is -0.415. The first-order chi connectivity index (χ1) is 15.0. The van der Waals surface area contributed by atoms with E-state index in [9.17, 15) is 10.1 Å². The molecule has 0 N–H and O–H groups in total. The van der Waals surface area contributed by atoms with Crippen LogP contribution in [-0.2, 0) is 6.54 Å². The molecule has 4 aromatic rings. The topological polar surface area (TPSA) is 107 Å². The second-order valence-corrected chi connectivity index (χ2v) is 6.83. The van der Waals surface area contributed by atoms with E-state index in [0.29, 0.717) is 29.2 Å². The fourth-order valence-electron chi connectivity index (χ4n) is 3.17. The van der Waals surface area contributed by atoms with E-state index in [2.05, 4.69) is 15.1 Å². The Bertz CT molecular complexity index is 1190. The molecule has 0 bridgehead atoms. The Hall–Kier alpha value is -4.27. The number of pyridine rings is 1. The molecule has 9 heteroatoms. The minimum absolute atomic E-state index is 0.0466. The predicted molar refractivity (Wildman–Crippen MR) is 115 cm³/mol. The van der Waals surface area contributed by atoms with Crippen molar-refractivity contribution in [3.05, 3.63) is 82.7 Å². The SMILES string of the molecule is COc1ccc(CN(C)c2ccc(-c3nc(-c4cccnc4)no3)cc2[N+](=O)[O-])cc1. The number of nitrogens with zero attached hydrogens (tertiary/aromatic N) is 5. The van der Waals surface area contributed by atoms with Crippen LogP contribution in [0.1, 0.15) is 5.56 Å². The Balaban J connectivity index is 1.61. The summed E-state index contributed by atoms with van der Waals surface area (Å²) >= 11 is 0. The number of nitro groups is 1. The Kier molecular flexibility index (Phi) is 5.57. The molecule has 9 nitrogen and oxygen atoms in total. The van der Waals surface area contributed by atoms with Gasteiger partial charge in [-0.25, -0.2) is 0 Å². The van der Waals surface area contributed by atoms with E-state index in [4.69, 9.17) is 9.26 Å². The lowest BCUT2D eigenvalue weighted by atomic mass is 10.1. The first-order valence-corrected chi connectivity index (χ1v) is 9.42. The standard InChI is InChI=1S/C22H19N5O4/c1-26(14-15-5-8-18(30-2)9-6-15)19-10-7-16(12-20(19)27(28)29)22-24-21(25-31-22)17-4-3-11-23-13-17/h3-13H,14H2,1-2H3. The molecule has 0 atom stereocenters. The van der Waals surface area contributed by atoms with Crippen LogP contribution in [0.2, 0.25) is 0 Å². The van der Waals surface area contributed by atoms with Crippen LogP contribution < -0.4 is 9.64 Å². The van der Waals surface area contributed by atoms with Gasteiger partial charge in [0.2, 0.25) is 5.82 Å². The fraction of sp³-hybridized carbons (Fsp3) is 0.136. The number of ether oxygens (including phenoxy) is 1. The van der Waals surface area contributed by atoms with Gasteiger partial charge in [0.05, 0.1) is 12.0 Å². The highest BCUT2D eigenvalue weighted by atomic mass is 16.6. The van der Waals surface area contributed by atoms with Crippen molar-refractivity contribution in [1.82, 2.24) is 15.1 Å². The van der Waals surface area contributed by atoms with Crippen molar-refractivity contribution in [3.8, 4) is 28.6 Å². The van der Waals surface area contributed by atoms with Gasteiger partial charge in [-0.2, -0.15) is 4.98 Å². The molecule has 31 heavy (non-hydrogen) atoms. The van der Waals surface area contributed by atoms with Crippen LogP contribution in [0.5, 0.6) is 5.75 Å². The molecule has 156 valence electrons. The summed E-state index contributed by atoms with van der Waals surface area (Å²) in [5, 5.41) is 15.7. The summed E-state index contributed by atoms with van der Waals surface area (Å²) in [6.45, 7) is 0.496. The van der Waals surface area contributed by atoms with Gasteiger partial charge in [-0.3, -0.25) is 15.1 Å². The molecule has 0 aliphatic heterocycles. The number of nitro benzene ring substituents is 1. The molecule has 0 aliphatic carbocycles. The van der Waals surface area contributed by atoms with Gasteiger partial charge in [0.1, 0.15) is 11.4 Å². The smallest absolute Gasteiger partial charge is 0.293 e. The molecule has 0 amide bonds. The third kappa shape index (κ3) is 4.35. The number of hydrogen-bond acceptors (Lipinski definition) is 8. The maximum Gasteiger partial charge on any atom is 0.293 e. The molecule has 4 rings (SSSR count). The molecule has 0 radical (unpaired) electrons. The van der Waals surface area contributed by atoms with Crippen molar-refractivity contribution in [2.75, 3.05) is 19.1 Å². The van der Waals surface area contributed by atoms with Crippen LogP contribution in [0.3, 0.4) is 0 Å². The van der Waals surface area contributed by atoms with E-state index in [0.717, 1.165) is 11.3 Å². The lowest BCUT2D eigenvalue weighted by Gasteiger charge is -2.19. The summed E-state index contributed by atoms with van der Waals surface area (Å²) in [7, 11) is 3.41. The van der Waals surface area contributed by atoms with Gasteiger partial charge in [-0.1, -0.05) is 17.3 Å². The van der Waals surface area contributed by atoms with Gasteiger partial charge < -0.3 is 14.2 Å². The van der Waals surface area contributed by atoms with Gasteiger partial charge >= 0.3 is 0 Å². The Labute approximate surface area is 178 Å². The van der Waals surface area contributed by atoms with Crippen LogP contribution in [0.15, 0.2) is 71.5 Å². The molecule has 0 fully saturated rings. The average Bonchev–Trinajstić information content (AvgIpc) is 3.30. The Morgan fingerprint density at radius 2 is 1.94 bits per heavy atom. The maximum atomic E-state index is 11.8. The zero-order valence-electron chi connectivity index (χ0n) is 16.9. The fourth-order valence-corrected chi connectivity index (χ4v) is 3.17. The predicted octanol–water partition coefficient (Wildman–Crippen LogP) is 4.35. The van der Waals surface area contributed by atoms with Crippen LogP contribution in [0.4, 0.5) is 11.4 Å². The summed E-state index contributed by atoms with van der Waals surface area (Å²) in [6.07, 6.45) is 3.27. The van der Waals surface area contributed by atoms with Crippen LogP contribution in [-0.4, -0.2) is 34.2 Å². The third-order valence-electron chi connectivity index (χ3n) is 4.75. The minimum Gasteiger partial charge on any atom is -0.497 e. The molecule has 2 aromatic carbocycles. The summed E-state index contributed by atoms with van der Waals surface area (Å²) in [5.41, 5.74) is 2.60. The average molecular weight is 417 g/mol. The second-order valence-electron chi connectivity index (χ2n) is 6.83. The van der Waals surface area contributed by atoms with Crippen LogP contribution in [0, 0.1) is 10.1 Å². The summed E-state index contributed by atoms with van der Waals surface area (Å²) < 4.78 is 10.5. The molecule has 0 saturated carbocycles. The number of benzene rings is 2. The molecule has 0 spiro atoms. The lowest BCUT2D eigenvalue weighted by Crippen LogP contribution is -2.17. The van der Waals surface area contributed by atoms with Crippen LogP contribution in [0.25, 0.3) is 22.8 Å². The van der Waals surface area contributed by atoms with Gasteiger partial charge in [-0.15, -0.1) is 0 Å². The Morgan fingerprint density at radius 1 is 1.13 bits per heavy atom. The number of rotatable bonds is 7. The van der Waals surface area contributed by atoms with E-state index in [1.54, 1.807) is 50.8 Å². The zero-order chi connectivity index (χ0) is 21.8. The zero-order valence-corrected chi connectivity index (χ0v) is 16.9. The maximum absolute atomic E-state index is 11.8. The van der Waals surface area contributed by atoms with Crippen molar-refractivity contribution in [2.45, 2.75) is 6.54 Å². The van der Waals surface area contributed by atoms with Gasteiger partial charge in [0, 0.05) is 43.2 Å². The molecular formula is C22H19N5O4. The van der Waals surface area contributed by atoms with Gasteiger partial charge in [0.15, 0.2) is 0 Å². The van der Waals surface area contributed by atoms with E-state index in [1.165, 1.54) is 6.07 Å². The molecule has 2 heterocycles. The van der Waals surface area contributed by atoms with Crippen molar-refractivity contribution < 1.29 is 14.2 Å². The molecular weight excluding hydrogens is 398 g/mol. The van der Waals surface area contributed by atoms with Crippen molar-refractivity contribution in [2.24, 2.45) is 0 Å². The molecule has 0 aliphatic rings. The number of methoxy groups -OCH3 is 1. The Morgan fingerprint density at radius 3 is 2.61 bits per heavy atom. The normalized spacial score (nSPS) is 10.6. The number of hydrogen-bond donors (Lipinski definition) is 0. The van der Waals surface area contributed by atoms with E-state index in [1.807, 2.05) is 29.2 Å². The van der Waals surface area contributed by atoms with Gasteiger partial charge in [-0.05, 0) is 42.0 Å². The summed E-state index contributed by atoms with van der Waals surface area (Å²) in [4.78, 5) is 21.5. The third-order valence-corrected chi connectivity index (χ3v) is 4.75. The molecule has 2 aromatic heterocycles. The monoisotopic (exact) mass is 417 g/mol. The van der Waals surface area contributed by atoms with Crippen molar-refractivity contribution in [1.29, 1.82) is 0 Å². The highest BCUT2D eigenvalue weighted by Crippen LogP contribution is 2.33. The number of aromatic nitrogens is 3. The second kappa shape index (κ2) is 8.62. The van der Waals surface area contributed by atoms with Crippen LogP contribution >= 0.6 is 0 Å². The van der Waals surface area contributed by atoms with Crippen molar-refractivity contribution >= 4 is 11.4 Å². The van der Waals surface area contributed by atoms with E-state index < -0.39 is 4.92 Å². The lowest BCUT2D eigenvalue weighted by molar-refractivity contribution is -0.384. The van der Waals surface area contributed by atoms with Crippen molar-refractivity contribution in [3.63, 3.8) is 0 Å².